The van der Waals surface area contributed by atoms with Crippen molar-refractivity contribution in [2.75, 3.05) is 23.8 Å². The molecule has 0 bridgehead atoms. The molecule has 168 valence electrons. The van der Waals surface area contributed by atoms with Gasteiger partial charge in [0.15, 0.2) is 12.3 Å². The molecule has 32 heavy (non-hydrogen) atoms. The van der Waals surface area contributed by atoms with E-state index in [1.54, 1.807) is 13.0 Å². The van der Waals surface area contributed by atoms with Crippen molar-refractivity contribution in [1.29, 1.82) is 0 Å². The smallest absolute Gasteiger partial charge is 0.375 e. The van der Waals surface area contributed by atoms with E-state index in [0.29, 0.717) is 12.0 Å². The van der Waals surface area contributed by atoms with Gasteiger partial charge in [-0.25, -0.2) is 9.59 Å². The van der Waals surface area contributed by atoms with Crippen LogP contribution in [-0.4, -0.2) is 34.6 Å². The molecule has 0 radical (unpaired) electrons. The molecule has 0 fully saturated rings. The number of nitrogens with one attached hydrogen (secondary N) is 1. The zero-order valence-electron chi connectivity index (χ0n) is 17.8. The van der Waals surface area contributed by atoms with Gasteiger partial charge in [0.2, 0.25) is 5.76 Å². The molecule has 2 heterocycles. The molecule has 1 amide bonds. The van der Waals surface area contributed by atoms with Crippen molar-refractivity contribution in [1.82, 2.24) is 9.55 Å². The van der Waals surface area contributed by atoms with Crippen LogP contribution < -0.4 is 21.9 Å². The quantitative estimate of drug-likeness (QED) is 0.508. The first-order valence-corrected chi connectivity index (χ1v) is 10.0. The number of nitrogens with two attached hydrogens (primary N) is 1. The van der Waals surface area contributed by atoms with Gasteiger partial charge in [0.25, 0.3) is 11.5 Å². The number of carbonyl (C=O) groups excluding carboxylic acids is 2. The van der Waals surface area contributed by atoms with Crippen LogP contribution in [0.4, 0.5) is 11.5 Å². The molecule has 2 aromatic heterocycles. The summed E-state index contributed by atoms with van der Waals surface area (Å²) in [5.41, 5.74) is 5.88. The maximum atomic E-state index is 12.9. The average Bonchev–Trinajstić information content (AvgIpc) is 3.20. The number of benzene rings is 1. The van der Waals surface area contributed by atoms with E-state index in [1.165, 1.54) is 10.8 Å². The van der Waals surface area contributed by atoms with Gasteiger partial charge in [-0.15, -0.1) is 0 Å². The molecular formula is C22H24N4O6. The van der Waals surface area contributed by atoms with E-state index in [4.69, 9.17) is 14.9 Å². The molecule has 0 aliphatic heterocycles. The third kappa shape index (κ3) is 4.80. The number of furan rings is 1. The first kappa shape index (κ1) is 22.6. The largest absolute Gasteiger partial charge is 0.457 e. The van der Waals surface area contributed by atoms with Crippen molar-refractivity contribution in [2.24, 2.45) is 0 Å². The van der Waals surface area contributed by atoms with E-state index >= 15 is 0 Å². The van der Waals surface area contributed by atoms with Crippen LogP contribution in [0.15, 0.2) is 56.7 Å². The highest BCUT2D eigenvalue weighted by molar-refractivity contribution is 5.98. The highest BCUT2D eigenvalue weighted by Gasteiger charge is 2.25. The molecule has 0 unspecified atom stereocenters. The zero-order chi connectivity index (χ0) is 23.3. The minimum Gasteiger partial charge on any atom is -0.457 e. The second-order valence-electron chi connectivity index (χ2n) is 7.12. The first-order chi connectivity index (χ1) is 15.3. The number of aromatic nitrogens is 2. The highest BCUT2D eigenvalue weighted by atomic mass is 16.5. The maximum absolute atomic E-state index is 12.9. The standard InChI is InChI=1S/C22H24N4O6/c1-3-10-25(16(27)13-32-21(29)18-14(2)9-11-31-18)17-19(23)26(22(30)24-20(17)28)12-15-7-5-4-6-8-15/h4-9,11H,3,10,12-13,23H2,1-2H3,(H,24,28,30). The number of anilines is 2. The molecule has 0 spiro atoms. The molecule has 10 nitrogen and oxygen atoms in total. The van der Waals surface area contributed by atoms with Crippen molar-refractivity contribution in [3.05, 3.63) is 80.4 Å². The van der Waals surface area contributed by atoms with Gasteiger partial charge in [0, 0.05) is 12.1 Å². The summed E-state index contributed by atoms with van der Waals surface area (Å²) in [5, 5.41) is 0. The van der Waals surface area contributed by atoms with E-state index in [2.05, 4.69) is 4.98 Å². The van der Waals surface area contributed by atoms with Crippen LogP contribution >= 0.6 is 0 Å². The van der Waals surface area contributed by atoms with Crippen molar-refractivity contribution in [2.45, 2.75) is 26.8 Å². The third-order valence-corrected chi connectivity index (χ3v) is 4.79. The van der Waals surface area contributed by atoms with Gasteiger partial charge in [0.05, 0.1) is 12.8 Å². The topological polar surface area (TPSA) is 141 Å². The number of aryl methyl sites for hydroxylation is 1. The third-order valence-electron chi connectivity index (χ3n) is 4.79. The Morgan fingerprint density at radius 2 is 1.91 bits per heavy atom. The number of rotatable bonds is 8. The number of ether oxygens (including phenoxy) is 1. The zero-order valence-corrected chi connectivity index (χ0v) is 17.8. The highest BCUT2D eigenvalue weighted by Crippen LogP contribution is 2.19. The minimum atomic E-state index is -0.799. The number of nitrogen functional groups attached to an aromatic ring is 1. The average molecular weight is 440 g/mol. The van der Waals surface area contributed by atoms with Gasteiger partial charge >= 0.3 is 11.7 Å². The van der Waals surface area contributed by atoms with Gasteiger partial charge in [-0.05, 0) is 25.0 Å². The Morgan fingerprint density at radius 1 is 1.19 bits per heavy atom. The summed E-state index contributed by atoms with van der Waals surface area (Å²) in [6.07, 6.45) is 1.83. The van der Waals surface area contributed by atoms with E-state index in [-0.39, 0.29) is 30.4 Å². The summed E-state index contributed by atoms with van der Waals surface area (Å²) in [6, 6.07) is 10.7. The molecular weight excluding hydrogens is 416 g/mol. The first-order valence-electron chi connectivity index (χ1n) is 10.0. The number of aromatic amines is 1. The molecule has 1 aromatic carbocycles. The van der Waals surface area contributed by atoms with E-state index in [9.17, 15) is 19.2 Å². The Kier molecular flexibility index (Phi) is 6.93. The molecule has 10 heteroatoms. The van der Waals surface area contributed by atoms with E-state index in [1.807, 2.05) is 37.3 Å². The van der Waals surface area contributed by atoms with Crippen molar-refractivity contribution in [3.8, 4) is 0 Å². The molecule has 0 atom stereocenters. The van der Waals surface area contributed by atoms with Gasteiger partial charge in [-0.3, -0.25) is 19.1 Å². The van der Waals surface area contributed by atoms with Crippen LogP contribution in [0.1, 0.15) is 35.0 Å². The lowest BCUT2D eigenvalue weighted by atomic mass is 10.2. The van der Waals surface area contributed by atoms with E-state index < -0.39 is 29.7 Å². The monoisotopic (exact) mass is 440 g/mol. The Morgan fingerprint density at radius 3 is 2.53 bits per heavy atom. The Labute approximate surface area is 183 Å². The lowest BCUT2D eigenvalue weighted by Crippen LogP contribution is -2.43. The van der Waals surface area contributed by atoms with Gasteiger partial charge in [-0.1, -0.05) is 37.3 Å². The van der Waals surface area contributed by atoms with Gasteiger partial charge in [-0.2, -0.15) is 0 Å². The number of hydrogen-bond donors (Lipinski definition) is 2. The number of nitrogens with zero attached hydrogens (tertiary/aromatic N) is 2. The van der Waals surface area contributed by atoms with Crippen LogP contribution in [0, 0.1) is 6.92 Å². The van der Waals surface area contributed by atoms with Gasteiger partial charge in [0.1, 0.15) is 5.82 Å². The van der Waals surface area contributed by atoms with Crippen molar-refractivity contribution < 1.29 is 18.7 Å². The summed E-state index contributed by atoms with van der Waals surface area (Å²) in [7, 11) is 0. The van der Waals surface area contributed by atoms with Crippen LogP contribution in [0.25, 0.3) is 0 Å². The van der Waals surface area contributed by atoms with Crippen LogP contribution in [0.5, 0.6) is 0 Å². The SMILES string of the molecule is CCCN(C(=O)COC(=O)c1occc1C)c1c(N)n(Cc2ccccc2)c(=O)[nH]c1=O. The molecule has 0 saturated carbocycles. The van der Waals surface area contributed by atoms with E-state index in [0.717, 1.165) is 10.5 Å². The fraction of sp³-hybridized carbons (Fsp3) is 0.273. The fourth-order valence-electron chi connectivity index (χ4n) is 3.20. The molecule has 3 rings (SSSR count). The van der Waals surface area contributed by atoms with Crippen LogP contribution in [0.3, 0.4) is 0 Å². The number of hydrogen-bond acceptors (Lipinski definition) is 7. The predicted octanol–water partition coefficient (Wildman–Crippen LogP) is 1.67. The molecule has 3 aromatic rings. The second kappa shape index (κ2) is 9.82. The number of esters is 1. The maximum Gasteiger partial charge on any atom is 0.375 e. The predicted molar refractivity (Wildman–Crippen MR) is 118 cm³/mol. The fourth-order valence-corrected chi connectivity index (χ4v) is 3.20. The summed E-state index contributed by atoms with van der Waals surface area (Å²) < 4.78 is 11.3. The number of amides is 1. The molecule has 0 aliphatic carbocycles. The summed E-state index contributed by atoms with van der Waals surface area (Å²) >= 11 is 0. The molecule has 0 saturated heterocycles. The summed E-state index contributed by atoms with van der Waals surface area (Å²) in [5.74, 6) is -1.62. The summed E-state index contributed by atoms with van der Waals surface area (Å²) in [4.78, 5) is 53.3. The molecule has 0 aliphatic rings. The Balaban J connectivity index is 1.89. The number of H-pyrrole nitrogens is 1. The lowest BCUT2D eigenvalue weighted by Gasteiger charge is -2.24. The van der Waals surface area contributed by atoms with Gasteiger partial charge < -0.3 is 19.8 Å². The Hall–Kier alpha value is -4.08. The van der Waals surface area contributed by atoms with Crippen LogP contribution in [-0.2, 0) is 16.1 Å². The van der Waals surface area contributed by atoms with Crippen molar-refractivity contribution >= 4 is 23.4 Å². The normalized spacial score (nSPS) is 10.7. The van der Waals surface area contributed by atoms with Crippen molar-refractivity contribution in [3.63, 3.8) is 0 Å². The lowest BCUT2D eigenvalue weighted by molar-refractivity contribution is -0.121. The van der Waals surface area contributed by atoms with Crippen LogP contribution in [0.2, 0.25) is 0 Å². The summed E-state index contributed by atoms with van der Waals surface area (Å²) in [6.45, 7) is 3.09. The minimum absolute atomic E-state index is 0.00591. The number of carbonyl (C=O) groups is 2. The molecule has 3 N–H and O–H groups in total. The second-order valence-corrected chi connectivity index (χ2v) is 7.12. The Bertz CT molecular complexity index is 1230.